The van der Waals surface area contributed by atoms with Gasteiger partial charge in [0.1, 0.15) is 17.6 Å². The van der Waals surface area contributed by atoms with E-state index >= 15 is 0 Å². The van der Waals surface area contributed by atoms with E-state index in [1.165, 1.54) is 18.4 Å². The highest BCUT2D eigenvalue weighted by Crippen LogP contribution is 2.32. The van der Waals surface area contributed by atoms with E-state index in [-0.39, 0.29) is 12.1 Å². The van der Waals surface area contributed by atoms with Gasteiger partial charge in [0.25, 0.3) is 0 Å². The van der Waals surface area contributed by atoms with Gasteiger partial charge in [0, 0.05) is 6.42 Å². The van der Waals surface area contributed by atoms with Gasteiger partial charge in [-0.15, -0.1) is 0 Å². The van der Waals surface area contributed by atoms with Crippen LogP contribution >= 0.6 is 0 Å². The Morgan fingerprint density at radius 3 is 2.24 bits per heavy atom. The molecule has 0 saturated heterocycles. The lowest BCUT2D eigenvalue weighted by atomic mass is 10.0. The molecule has 0 fully saturated rings. The Kier molecular flexibility index (Phi) is 9.75. The van der Waals surface area contributed by atoms with Gasteiger partial charge in [-0.3, -0.25) is 4.79 Å². The molecule has 140 valence electrons. The molecule has 0 heterocycles. The number of carbonyl (C=O) groups excluding carboxylic acids is 1. The fourth-order valence-electron chi connectivity index (χ4n) is 2.62. The monoisotopic (exact) mass is 348 g/mol. The standard InChI is InChI=1S/C21H32O4/c1-6-8-9-11-17-14-19(23-4)18(20(15-17)24-5)13-12-16(3)25-21(22)10-7-2/h12-16H,6-11H2,1-5H3/b13-12+. The predicted molar refractivity (Wildman–Crippen MR) is 102 cm³/mol. The fourth-order valence-corrected chi connectivity index (χ4v) is 2.62. The maximum atomic E-state index is 11.6. The normalized spacial score (nSPS) is 12.2. The number of ether oxygens (including phenoxy) is 3. The molecule has 4 nitrogen and oxygen atoms in total. The van der Waals surface area contributed by atoms with Crippen molar-refractivity contribution < 1.29 is 19.0 Å². The molecule has 0 radical (unpaired) electrons. The van der Waals surface area contributed by atoms with Crippen LogP contribution in [0.25, 0.3) is 6.08 Å². The molecule has 0 bridgehead atoms. The first-order valence-electron chi connectivity index (χ1n) is 9.18. The molecule has 0 saturated carbocycles. The van der Waals surface area contributed by atoms with Crippen LogP contribution in [0.2, 0.25) is 0 Å². The number of hydrogen-bond donors (Lipinski definition) is 0. The van der Waals surface area contributed by atoms with Crippen LogP contribution < -0.4 is 9.47 Å². The topological polar surface area (TPSA) is 44.8 Å². The van der Waals surface area contributed by atoms with Gasteiger partial charge in [-0.25, -0.2) is 0 Å². The van der Waals surface area contributed by atoms with Crippen molar-refractivity contribution in [1.82, 2.24) is 0 Å². The maximum Gasteiger partial charge on any atom is 0.306 e. The number of hydrogen-bond acceptors (Lipinski definition) is 4. The van der Waals surface area contributed by atoms with Crippen LogP contribution in [0.15, 0.2) is 18.2 Å². The zero-order valence-electron chi connectivity index (χ0n) is 16.3. The van der Waals surface area contributed by atoms with Crippen molar-refractivity contribution in [2.75, 3.05) is 14.2 Å². The van der Waals surface area contributed by atoms with E-state index in [0.29, 0.717) is 6.42 Å². The number of esters is 1. The highest BCUT2D eigenvalue weighted by molar-refractivity contribution is 5.70. The Bertz CT molecular complexity index is 538. The van der Waals surface area contributed by atoms with E-state index in [9.17, 15) is 4.79 Å². The van der Waals surface area contributed by atoms with Crippen molar-refractivity contribution in [2.24, 2.45) is 0 Å². The minimum Gasteiger partial charge on any atom is -0.496 e. The Hall–Kier alpha value is -1.97. The molecule has 0 aliphatic carbocycles. The Balaban J connectivity index is 2.93. The summed E-state index contributed by atoms with van der Waals surface area (Å²) in [5.41, 5.74) is 2.07. The van der Waals surface area contributed by atoms with Crippen molar-refractivity contribution in [3.63, 3.8) is 0 Å². The van der Waals surface area contributed by atoms with Crippen molar-refractivity contribution in [2.45, 2.75) is 65.4 Å². The summed E-state index contributed by atoms with van der Waals surface area (Å²) < 4.78 is 16.4. The van der Waals surface area contributed by atoms with E-state index < -0.39 is 0 Å². The van der Waals surface area contributed by atoms with Crippen LogP contribution in [-0.4, -0.2) is 26.3 Å². The quantitative estimate of drug-likeness (QED) is 0.408. The lowest BCUT2D eigenvalue weighted by molar-refractivity contribution is -0.146. The molecule has 4 heteroatoms. The Morgan fingerprint density at radius 2 is 1.72 bits per heavy atom. The number of benzene rings is 1. The number of methoxy groups -OCH3 is 2. The van der Waals surface area contributed by atoms with Crippen LogP contribution in [0, 0.1) is 0 Å². The van der Waals surface area contributed by atoms with Gasteiger partial charge in [-0.1, -0.05) is 26.7 Å². The molecule has 1 aromatic carbocycles. The summed E-state index contributed by atoms with van der Waals surface area (Å²) in [4.78, 5) is 11.6. The Morgan fingerprint density at radius 1 is 1.08 bits per heavy atom. The van der Waals surface area contributed by atoms with Gasteiger partial charge < -0.3 is 14.2 Å². The van der Waals surface area contributed by atoms with Crippen LogP contribution in [0.4, 0.5) is 0 Å². The zero-order valence-corrected chi connectivity index (χ0v) is 16.3. The first-order chi connectivity index (χ1) is 12.0. The molecule has 0 N–H and O–H groups in total. The van der Waals surface area contributed by atoms with Crippen LogP contribution in [0.1, 0.15) is 64.0 Å². The second-order valence-electron chi connectivity index (χ2n) is 6.18. The first-order valence-corrected chi connectivity index (χ1v) is 9.18. The van der Waals surface area contributed by atoms with Crippen molar-refractivity contribution >= 4 is 12.0 Å². The molecule has 1 aromatic rings. The molecule has 1 unspecified atom stereocenters. The molecule has 0 aromatic heterocycles. The third-order valence-electron chi connectivity index (χ3n) is 3.98. The third-order valence-corrected chi connectivity index (χ3v) is 3.98. The van der Waals surface area contributed by atoms with Crippen molar-refractivity contribution in [3.05, 3.63) is 29.3 Å². The number of unbranched alkanes of at least 4 members (excludes halogenated alkanes) is 2. The van der Waals surface area contributed by atoms with Crippen molar-refractivity contribution in [3.8, 4) is 11.5 Å². The molecule has 0 spiro atoms. The molecule has 1 atom stereocenters. The van der Waals surface area contributed by atoms with E-state index in [2.05, 4.69) is 19.1 Å². The molecular formula is C21H32O4. The van der Waals surface area contributed by atoms with Gasteiger partial charge in [0.2, 0.25) is 0 Å². The van der Waals surface area contributed by atoms with Gasteiger partial charge in [0.05, 0.1) is 19.8 Å². The van der Waals surface area contributed by atoms with E-state index in [4.69, 9.17) is 14.2 Å². The molecular weight excluding hydrogens is 316 g/mol. The summed E-state index contributed by atoms with van der Waals surface area (Å²) in [6, 6.07) is 4.12. The Labute approximate surface area is 152 Å². The summed E-state index contributed by atoms with van der Waals surface area (Å²) in [7, 11) is 3.32. The van der Waals surface area contributed by atoms with E-state index in [1.807, 2.05) is 26.0 Å². The van der Waals surface area contributed by atoms with Crippen LogP contribution in [0.3, 0.4) is 0 Å². The summed E-state index contributed by atoms with van der Waals surface area (Å²) >= 11 is 0. The fraction of sp³-hybridized carbons (Fsp3) is 0.571. The highest BCUT2D eigenvalue weighted by Gasteiger charge is 2.12. The molecule has 0 aliphatic heterocycles. The van der Waals surface area contributed by atoms with Crippen LogP contribution in [-0.2, 0) is 16.0 Å². The summed E-state index contributed by atoms with van der Waals surface area (Å²) in [6.45, 7) is 6.01. The molecule has 0 aliphatic rings. The maximum absolute atomic E-state index is 11.6. The van der Waals surface area contributed by atoms with Crippen LogP contribution in [0.5, 0.6) is 11.5 Å². The smallest absolute Gasteiger partial charge is 0.306 e. The SMILES string of the molecule is CCCCCc1cc(OC)c(/C=C/C(C)OC(=O)CCC)c(OC)c1. The number of aryl methyl sites for hydroxylation is 1. The first kappa shape index (κ1) is 21.1. The number of rotatable bonds is 11. The van der Waals surface area contributed by atoms with Crippen molar-refractivity contribution in [1.29, 1.82) is 0 Å². The third kappa shape index (κ3) is 7.20. The highest BCUT2D eigenvalue weighted by atomic mass is 16.5. The van der Waals surface area contributed by atoms with Gasteiger partial charge >= 0.3 is 5.97 Å². The zero-order chi connectivity index (χ0) is 18.7. The summed E-state index contributed by atoms with van der Waals surface area (Å²) in [5, 5.41) is 0. The van der Waals surface area contributed by atoms with E-state index in [1.54, 1.807) is 14.2 Å². The molecule has 0 amide bonds. The molecule has 25 heavy (non-hydrogen) atoms. The average molecular weight is 348 g/mol. The largest absolute Gasteiger partial charge is 0.496 e. The lowest BCUT2D eigenvalue weighted by Crippen LogP contribution is -2.11. The minimum atomic E-state index is -0.294. The van der Waals surface area contributed by atoms with Gasteiger partial charge in [-0.05, 0) is 56.0 Å². The second kappa shape index (κ2) is 11.6. The second-order valence-corrected chi connectivity index (χ2v) is 6.18. The average Bonchev–Trinajstić information content (AvgIpc) is 2.60. The van der Waals surface area contributed by atoms with Gasteiger partial charge in [-0.2, -0.15) is 0 Å². The van der Waals surface area contributed by atoms with Gasteiger partial charge in [0.15, 0.2) is 0 Å². The van der Waals surface area contributed by atoms with E-state index in [0.717, 1.165) is 36.3 Å². The molecule has 1 rings (SSSR count). The number of carbonyl (C=O) groups is 1. The minimum absolute atomic E-state index is 0.176. The predicted octanol–water partition coefficient (Wildman–Crippen LogP) is 5.18. The lowest BCUT2D eigenvalue weighted by Gasteiger charge is -2.14. The summed E-state index contributed by atoms with van der Waals surface area (Å²) in [5.74, 6) is 1.37. The summed E-state index contributed by atoms with van der Waals surface area (Å²) in [6.07, 6.45) is 9.27.